The third-order valence-electron chi connectivity index (χ3n) is 8.42. The molecule has 2 aromatic carbocycles. The lowest BCUT2D eigenvalue weighted by atomic mass is 10.1. The van der Waals surface area contributed by atoms with Crippen LogP contribution in [0.25, 0.3) is 22.1 Å². The van der Waals surface area contributed by atoms with Crippen LogP contribution < -0.4 is 27.4 Å². The SMILES string of the molecule is CCn1nc(C)cc1C(=O)/N=c1\[nH]c2cc(C(N)=O)ccc2n1C/C=C/Cn1/c(=N/C(=O)c2cc(C)nn2CC)[nH]c2cc(C(N)=O)cc(OC)c21. The largest absolute Gasteiger partial charge is 0.494 e. The van der Waals surface area contributed by atoms with Crippen molar-refractivity contribution in [2.75, 3.05) is 7.11 Å². The van der Waals surface area contributed by atoms with Crippen molar-refractivity contribution < 1.29 is 23.9 Å². The van der Waals surface area contributed by atoms with Gasteiger partial charge in [0.05, 0.1) is 35.0 Å². The van der Waals surface area contributed by atoms with E-state index in [2.05, 4.69) is 30.2 Å². The zero-order valence-electron chi connectivity index (χ0n) is 29.3. The van der Waals surface area contributed by atoms with E-state index in [-0.39, 0.29) is 29.9 Å². The third-order valence-corrected chi connectivity index (χ3v) is 8.42. The average Bonchev–Trinajstić information content (AvgIpc) is 3.88. The van der Waals surface area contributed by atoms with Crippen LogP contribution in [-0.2, 0) is 26.2 Å². The fraction of sp³-hybridized carbons (Fsp3) is 0.257. The quantitative estimate of drug-likeness (QED) is 0.147. The van der Waals surface area contributed by atoms with E-state index in [0.29, 0.717) is 69.2 Å². The van der Waals surface area contributed by atoms with Crippen LogP contribution in [0.1, 0.15) is 66.9 Å². The lowest BCUT2D eigenvalue weighted by molar-refractivity contribution is 0.0978. The first-order valence-corrected chi connectivity index (χ1v) is 16.5. The zero-order valence-corrected chi connectivity index (χ0v) is 29.3. The molecule has 0 bridgehead atoms. The summed E-state index contributed by atoms with van der Waals surface area (Å²) >= 11 is 0. The van der Waals surface area contributed by atoms with Gasteiger partial charge in [0.1, 0.15) is 22.7 Å². The second-order valence-electron chi connectivity index (χ2n) is 11.9. The molecule has 0 saturated carbocycles. The zero-order chi connectivity index (χ0) is 37.3. The molecule has 0 atom stereocenters. The summed E-state index contributed by atoms with van der Waals surface area (Å²) in [7, 11) is 1.47. The number of ether oxygens (including phenoxy) is 1. The lowest BCUT2D eigenvalue weighted by Crippen LogP contribution is -2.22. The summed E-state index contributed by atoms with van der Waals surface area (Å²) in [6.07, 6.45) is 3.71. The number of nitrogens with zero attached hydrogens (tertiary/aromatic N) is 8. The van der Waals surface area contributed by atoms with E-state index in [1.165, 1.54) is 13.2 Å². The molecule has 4 aromatic heterocycles. The normalized spacial score (nSPS) is 12.5. The molecule has 6 aromatic rings. The fourth-order valence-corrected chi connectivity index (χ4v) is 6.02. The van der Waals surface area contributed by atoms with Gasteiger partial charge in [-0.2, -0.15) is 20.2 Å². The number of fused-ring (bicyclic) bond motifs is 2. The van der Waals surface area contributed by atoms with Gasteiger partial charge in [-0.15, -0.1) is 0 Å². The van der Waals surface area contributed by atoms with E-state index in [9.17, 15) is 19.2 Å². The predicted molar refractivity (Wildman–Crippen MR) is 190 cm³/mol. The second-order valence-corrected chi connectivity index (χ2v) is 11.9. The van der Waals surface area contributed by atoms with Gasteiger partial charge in [0.2, 0.25) is 23.1 Å². The van der Waals surface area contributed by atoms with Crippen LogP contribution in [0.15, 0.2) is 64.6 Å². The monoisotopic (exact) mass is 706 g/mol. The van der Waals surface area contributed by atoms with E-state index in [0.717, 1.165) is 0 Å². The predicted octanol–water partition coefficient (Wildman–Crippen LogP) is 2.25. The minimum atomic E-state index is -0.647. The topological polar surface area (TPSA) is 231 Å². The molecule has 0 aliphatic heterocycles. The number of nitrogens with one attached hydrogen (secondary N) is 2. The maximum atomic E-state index is 13.4. The Morgan fingerprint density at radius 2 is 1.27 bits per heavy atom. The molecule has 0 unspecified atom stereocenters. The molecule has 0 aliphatic carbocycles. The maximum absolute atomic E-state index is 13.4. The van der Waals surface area contributed by atoms with Crippen molar-refractivity contribution >= 4 is 45.7 Å². The summed E-state index contributed by atoms with van der Waals surface area (Å²) in [4.78, 5) is 66.0. The smallest absolute Gasteiger partial charge is 0.298 e. The van der Waals surface area contributed by atoms with E-state index >= 15 is 0 Å². The Hall–Kier alpha value is -6.78. The van der Waals surface area contributed by atoms with Crippen molar-refractivity contribution in [1.82, 2.24) is 38.7 Å². The molecular weight excluding hydrogens is 668 g/mol. The van der Waals surface area contributed by atoms with Crippen molar-refractivity contribution in [2.24, 2.45) is 21.5 Å². The van der Waals surface area contributed by atoms with Gasteiger partial charge in [-0.3, -0.25) is 28.5 Å². The number of rotatable bonds is 11. The number of imidazole rings is 2. The van der Waals surface area contributed by atoms with Crippen molar-refractivity contribution in [3.8, 4) is 5.75 Å². The summed E-state index contributed by atoms with van der Waals surface area (Å²) in [5.74, 6) is -1.90. The van der Waals surface area contributed by atoms with E-state index in [1.807, 2.05) is 26.0 Å². The Balaban J connectivity index is 1.42. The number of hydrogen-bond acceptors (Lipinski definition) is 7. The minimum absolute atomic E-state index is 0.203. The van der Waals surface area contributed by atoms with E-state index in [1.54, 1.807) is 68.7 Å². The first-order valence-electron chi connectivity index (χ1n) is 16.5. The van der Waals surface area contributed by atoms with Crippen molar-refractivity contribution in [3.05, 3.63) is 99.8 Å². The van der Waals surface area contributed by atoms with Crippen LogP contribution in [0, 0.1) is 13.8 Å². The number of amides is 4. The van der Waals surface area contributed by atoms with E-state index < -0.39 is 23.6 Å². The van der Waals surface area contributed by atoms with Gasteiger partial charge < -0.3 is 35.3 Å². The summed E-state index contributed by atoms with van der Waals surface area (Å²) in [6.45, 7) is 8.79. The Morgan fingerprint density at radius 1 is 0.750 bits per heavy atom. The second kappa shape index (κ2) is 14.2. The highest BCUT2D eigenvalue weighted by Gasteiger charge is 2.18. The lowest BCUT2D eigenvalue weighted by Gasteiger charge is -2.08. The number of aryl methyl sites for hydroxylation is 4. The van der Waals surface area contributed by atoms with Crippen LogP contribution in [0.2, 0.25) is 0 Å². The molecule has 17 heteroatoms. The van der Waals surface area contributed by atoms with Crippen molar-refractivity contribution in [2.45, 2.75) is 53.9 Å². The van der Waals surface area contributed by atoms with Gasteiger partial charge in [-0.1, -0.05) is 12.2 Å². The maximum Gasteiger partial charge on any atom is 0.298 e. The summed E-state index contributed by atoms with van der Waals surface area (Å²) < 4.78 is 12.3. The number of benzene rings is 2. The highest BCUT2D eigenvalue weighted by atomic mass is 16.5. The van der Waals surface area contributed by atoms with Gasteiger partial charge in [0.25, 0.3) is 11.8 Å². The molecule has 52 heavy (non-hydrogen) atoms. The molecule has 268 valence electrons. The number of allylic oxidation sites excluding steroid dienone is 2. The average molecular weight is 707 g/mol. The summed E-state index contributed by atoms with van der Waals surface area (Å²) in [5.41, 5.74) is 16.4. The van der Waals surface area contributed by atoms with Crippen molar-refractivity contribution in [1.29, 1.82) is 0 Å². The number of primary amides is 2. The molecule has 17 nitrogen and oxygen atoms in total. The number of aromatic amines is 2. The van der Waals surface area contributed by atoms with Gasteiger partial charge in [0, 0.05) is 37.3 Å². The molecular formula is C35H38N12O5. The van der Waals surface area contributed by atoms with Crippen LogP contribution in [0.3, 0.4) is 0 Å². The number of carbonyl (C=O) groups excluding carboxylic acids is 4. The minimum Gasteiger partial charge on any atom is -0.494 e. The van der Waals surface area contributed by atoms with Crippen LogP contribution in [0.4, 0.5) is 0 Å². The van der Waals surface area contributed by atoms with Gasteiger partial charge in [-0.25, -0.2) is 0 Å². The van der Waals surface area contributed by atoms with Gasteiger partial charge >= 0.3 is 0 Å². The molecule has 0 saturated heterocycles. The number of carbonyl (C=O) groups is 4. The third kappa shape index (κ3) is 6.70. The molecule has 0 fully saturated rings. The first kappa shape index (κ1) is 35.1. The van der Waals surface area contributed by atoms with Gasteiger partial charge in [-0.05, 0) is 70.2 Å². The number of aromatic nitrogens is 8. The number of hydrogen-bond donors (Lipinski definition) is 4. The fourth-order valence-electron chi connectivity index (χ4n) is 6.02. The molecule has 6 rings (SSSR count). The Labute approximate surface area is 295 Å². The van der Waals surface area contributed by atoms with Crippen LogP contribution in [0.5, 0.6) is 5.75 Å². The molecule has 6 N–H and O–H groups in total. The highest BCUT2D eigenvalue weighted by molar-refractivity contribution is 5.99. The molecule has 4 heterocycles. The number of methoxy groups -OCH3 is 1. The molecule has 0 spiro atoms. The van der Waals surface area contributed by atoms with Crippen molar-refractivity contribution in [3.63, 3.8) is 0 Å². The number of H-pyrrole nitrogens is 2. The molecule has 4 amide bonds. The van der Waals surface area contributed by atoms with E-state index in [4.69, 9.17) is 16.2 Å². The first-order chi connectivity index (χ1) is 24.9. The molecule has 0 radical (unpaired) electrons. The Kier molecular flexibility index (Phi) is 9.59. The summed E-state index contributed by atoms with van der Waals surface area (Å²) in [6, 6.07) is 11.4. The van der Waals surface area contributed by atoms with Crippen LogP contribution >= 0.6 is 0 Å². The number of nitrogens with two attached hydrogens (primary N) is 2. The Bertz CT molecular complexity index is 2570. The van der Waals surface area contributed by atoms with Gasteiger partial charge in [0.15, 0.2) is 0 Å². The standard InChI is InChI=1S/C35H38N12O5/c1-6-46-26(14-19(3)42-46)32(50)40-34-38-23-16-21(30(36)48)10-11-25(23)44(34)12-8-9-13-45-29-24(17-22(31(37)49)18-28(29)52-5)39-35(45)41-33(51)27-15-20(4)43-47(27)7-2/h8-11,14-18H,6-7,12-13H2,1-5H3,(H2,36,48)(H2,37,49)(H,38,40,50)(H,39,41,51)/b9-8+. The highest BCUT2D eigenvalue weighted by Crippen LogP contribution is 2.26. The Morgan fingerprint density at radius 3 is 1.81 bits per heavy atom. The van der Waals surface area contributed by atoms with Crippen LogP contribution in [-0.4, -0.2) is 69.4 Å². The molecule has 0 aliphatic rings. The summed E-state index contributed by atoms with van der Waals surface area (Å²) in [5, 5.41) is 8.72.